The fraction of sp³-hybridized carbons (Fsp3) is 0.833. The van der Waals surface area contributed by atoms with Gasteiger partial charge in [0.05, 0.1) is 0 Å². The Morgan fingerprint density at radius 2 is 0.741 bits per heavy atom. The number of rotatable bonds is 12. The molecule has 3 atom stereocenters. The molecule has 9 nitrogen and oxygen atoms in total. The zero-order valence-electron chi connectivity index (χ0n) is 18.0. The Balaban J connectivity index is 3.16. The van der Waals surface area contributed by atoms with E-state index in [1.54, 1.807) is 21.3 Å². The van der Waals surface area contributed by atoms with Crippen molar-refractivity contribution < 1.29 is 14.2 Å². The molecule has 0 aliphatic carbocycles. The van der Waals surface area contributed by atoms with Crippen LogP contribution in [-0.4, -0.2) is 55.0 Å². The van der Waals surface area contributed by atoms with Gasteiger partial charge in [0, 0.05) is 21.3 Å². The molecule has 0 spiro atoms. The minimum atomic E-state index is -0.222. The lowest BCUT2D eigenvalue weighted by Gasteiger charge is -2.24. The van der Waals surface area contributed by atoms with Crippen molar-refractivity contribution in [1.29, 1.82) is 0 Å². The van der Waals surface area contributed by atoms with Crippen molar-refractivity contribution in [2.75, 3.05) is 37.3 Å². The Kier molecular flexibility index (Phi) is 9.68. The third kappa shape index (κ3) is 7.43. The second-order valence-corrected chi connectivity index (χ2v) is 7.44. The van der Waals surface area contributed by atoms with Gasteiger partial charge < -0.3 is 30.2 Å². The second kappa shape index (κ2) is 11.2. The molecule has 0 aromatic carbocycles. The van der Waals surface area contributed by atoms with Crippen LogP contribution in [0.15, 0.2) is 0 Å². The lowest BCUT2D eigenvalue weighted by molar-refractivity contribution is 0.0851. The van der Waals surface area contributed by atoms with E-state index in [9.17, 15) is 0 Å². The third-order valence-corrected chi connectivity index (χ3v) is 4.03. The number of anilines is 3. The summed E-state index contributed by atoms with van der Waals surface area (Å²) in [5, 5.41) is 9.61. The van der Waals surface area contributed by atoms with Crippen LogP contribution in [0.4, 0.5) is 17.8 Å². The maximum Gasteiger partial charge on any atom is 0.231 e. The highest BCUT2D eigenvalue weighted by Gasteiger charge is 2.20. The molecule has 0 saturated heterocycles. The number of nitrogens with zero attached hydrogens (tertiary/aromatic N) is 3. The van der Waals surface area contributed by atoms with Crippen molar-refractivity contribution in [2.24, 2.45) is 17.8 Å². The van der Waals surface area contributed by atoms with Gasteiger partial charge in [0.1, 0.15) is 18.7 Å². The normalized spacial score (nSPS) is 15.1. The average Bonchev–Trinajstić information content (AvgIpc) is 2.61. The summed E-state index contributed by atoms with van der Waals surface area (Å²) >= 11 is 0. The lowest BCUT2D eigenvalue weighted by atomic mass is 10.2. The third-order valence-electron chi connectivity index (χ3n) is 4.03. The van der Waals surface area contributed by atoms with Crippen LogP contribution in [0.25, 0.3) is 0 Å². The van der Waals surface area contributed by atoms with Gasteiger partial charge in [-0.25, -0.2) is 0 Å². The van der Waals surface area contributed by atoms with E-state index in [-0.39, 0.29) is 36.4 Å². The topological polar surface area (TPSA) is 102 Å². The number of ether oxygens (including phenoxy) is 3. The van der Waals surface area contributed by atoms with Gasteiger partial charge in [-0.05, 0) is 17.8 Å². The van der Waals surface area contributed by atoms with Gasteiger partial charge in [-0.3, -0.25) is 0 Å². The Hall–Kier alpha value is -1.71. The second-order valence-electron chi connectivity index (χ2n) is 7.44. The standard InChI is InChI=1S/C18H36N6O3/c1-10(2)13(25-7)19-16-22-17(20-14(26-8)11(3)4)24-18(23-16)21-15(27-9)12(5)6/h10-15H,1-9H3,(H3,19,20,21,22,23,24). The fourth-order valence-electron chi connectivity index (χ4n) is 2.44. The first-order valence-electron chi connectivity index (χ1n) is 9.35. The summed E-state index contributed by atoms with van der Waals surface area (Å²) < 4.78 is 16.4. The maximum atomic E-state index is 5.47. The van der Waals surface area contributed by atoms with Crippen LogP contribution < -0.4 is 16.0 Å². The summed E-state index contributed by atoms with van der Waals surface area (Å²) in [6.07, 6.45) is -0.667. The molecular weight excluding hydrogens is 348 g/mol. The van der Waals surface area contributed by atoms with Gasteiger partial charge in [-0.2, -0.15) is 15.0 Å². The van der Waals surface area contributed by atoms with Crippen molar-refractivity contribution in [3.05, 3.63) is 0 Å². The van der Waals surface area contributed by atoms with Crippen molar-refractivity contribution in [1.82, 2.24) is 15.0 Å². The van der Waals surface area contributed by atoms with Gasteiger partial charge in [0.2, 0.25) is 17.8 Å². The van der Waals surface area contributed by atoms with E-state index in [4.69, 9.17) is 14.2 Å². The molecule has 1 aromatic heterocycles. The molecular formula is C18H36N6O3. The van der Waals surface area contributed by atoms with Gasteiger partial charge in [-0.15, -0.1) is 0 Å². The van der Waals surface area contributed by atoms with Crippen molar-refractivity contribution in [2.45, 2.75) is 60.2 Å². The quantitative estimate of drug-likeness (QED) is 0.469. The number of methoxy groups -OCH3 is 3. The summed E-state index contributed by atoms with van der Waals surface area (Å²) in [7, 11) is 4.95. The molecule has 3 unspecified atom stereocenters. The summed E-state index contributed by atoms with van der Waals surface area (Å²) in [4.78, 5) is 13.4. The first-order valence-corrected chi connectivity index (χ1v) is 9.35. The maximum absolute atomic E-state index is 5.47. The molecule has 0 bridgehead atoms. The molecule has 0 amide bonds. The number of nitrogens with one attached hydrogen (secondary N) is 3. The Bertz CT molecular complexity index is 467. The highest BCUT2D eigenvalue weighted by molar-refractivity contribution is 5.43. The first-order chi connectivity index (χ1) is 12.7. The molecule has 0 radical (unpaired) electrons. The first kappa shape index (κ1) is 23.3. The number of aromatic nitrogens is 3. The average molecular weight is 385 g/mol. The minimum absolute atomic E-state index is 0.222. The van der Waals surface area contributed by atoms with Gasteiger partial charge in [0.15, 0.2) is 0 Å². The monoisotopic (exact) mass is 384 g/mol. The van der Waals surface area contributed by atoms with Crippen molar-refractivity contribution in [3.8, 4) is 0 Å². The summed E-state index contributed by atoms with van der Waals surface area (Å²) in [6, 6.07) is 0. The summed E-state index contributed by atoms with van der Waals surface area (Å²) in [5.41, 5.74) is 0. The predicted molar refractivity (Wildman–Crippen MR) is 108 cm³/mol. The van der Waals surface area contributed by atoms with E-state index >= 15 is 0 Å². The molecule has 1 aromatic rings. The minimum Gasteiger partial charge on any atom is -0.361 e. The van der Waals surface area contributed by atoms with E-state index in [0.29, 0.717) is 17.8 Å². The Morgan fingerprint density at radius 1 is 0.519 bits per heavy atom. The molecule has 156 valence electrons. The Labute approximate surface area is 163 Å². The summed E-state index contributed by atoms with van der Waals surface area (Å²) in [6.45, 7) is 12.3. The molecule has 1 rings (SSSR count). The van der Waals surface area contributed by atoms with Gasteiger partial charge >= 0.3 is 0 Å². The van der Waals surface area contributed by atoms with Crippen molar-refractivity contribution >= 4 is 17.8 Å². The van der Waals surface area contributed by atoms with Crippen molar-refractivity contribution in [3.63, 3.8) is 0 Å². The molecule has 9 heteroatoms. The molecule has 1 heterocycles. The molecule has 0 fully saturated rings. The molecule has 0 aliphatic rings. The molecule has 0 saturated carbocycles. The fourth-order valence-corrected chi connectivity index (χ4v) is 2.44. The summed E-state index contributed by atoms with van der Waals surface area (Å²) in [5.74, 6) is 1.95. The lowest BCUT2D eigenvalue weighted by Crippen LogP contribution is -2.32. The smallest absolute Gasteiger partial charge is 0.231 e. The van der Waals surface area contributed by atoms with E-state index in [1.807, 2.05) is 0 Å². The van der Waals surface area contributed by atoms with Crippen LogP contribution in [0, 0.1) is 17.8 Å². The largest absolute Gasteiger partial charge is 0.361 e. The van der Waals surface area contributed by atoms with E-state index in [0.717, 1.165) is 0 Å². The SMILES string of the molecule is COC(Nc1nc(NC(OC)C(C)C)nc(NC(OC)C(C)C)n1)C(C)C. The Morgan fingerprint density at radius 3 is 0.889 bits per heavy atom. The van der Waals surface area contributed by atoms with Crippen LogP contribution in [0.1, 0.15) is 41.5 Å². The molecule has 0 aliphatic heterocycles. The highest BCUT2D eigenvalue weighted by atomic mass is 16.5. The molecule has 27 heavy (non-hydrogen) atoms. The van der Waals surface area contributed by atoms with Crippen LogP contribution in [0.3, 0.4) is 0 Å². The van der Waals surface area contributed by atoms with Gasteiger partial charge in [0.25, 0.3) is 0 Å². The van der Waals surface area contributed by atoms with Crippen LogP contribution in [-0.2, 0) is 14.2 Å². The zero-order valence-corrected chi connectivity index (χ0v) is 18.0. The van der Waals surface area contributed by atoms with E-state index < -0.39 is 0 Å². The molecule has 3 N–H and O–H groups in total. The van der Waals surface area contributed by atoms with Crippen LogP contribution in [0.5, 0.6) is 0 Å². The van der Waals surface area contributed by atoms with Crippen LogP contribution in [0.2, 0.25) is 0 Å². The van der Waals surface area contributed by atoms with Crippen LogP contribution >= 0.6 is 0 Å². The predicted octanol–water partition coefficient (Wildman–Crippen LogP) is 2.99. The highest BCUT2D eigenvalue weighted by Crippen LogP contribution is 2.17. The van der Waals surface area contributed by atoms with E-state index in [2.05, 4.69) is 72.4 Å². The number of hydrogen-bond donors (Lipinski definition) is 3. The number of hydrogen-bond acceptors (Lipinski definition) is 9. The zero-order chi connectivity index (χ0) is 20.6. The van der Waals surface area contributed by atoms with E-state index in [1.165, 1.54) is 0 Å². The van der Waals surface area contributed by atoms with Gasteiger partial charge in [-0.1, -0.05) is 41.5 Å².